The number of hydrogen-bond acceptors (Lipinski definition) is 0. The summed E-state index contributed by atoms with van der Waals surface area (Å²) < 4.78 is 2.30. The third kappa shape index (κ3) is 18.8. The van der Waals surface area contributed by atoms with Crippen LogP contribution in [0.5, 0.6) is 0 Å². The molecule has 192 valence electrons. The van der Waals surface area contributed by atoms with Crippen LogP contribution in [0.25, 0.3) is 0 Å². The summed E-state index contributed by atoms with van der Waals surface area (Å²) in [6, 6.07) is 0. The van der Waals surface area contributed by atoms with Gasteiger partial charge in [0.2, 0.25) is 0 Å². The summed E-state index contributed by atoms with van der Waals surface area (Å²) in [7, 11) is 8.94. The van der Waals surface area contributed by atoms with Gasteiger partial charge in [-0.1, -0.05) is 129 Å². The van der Waals surface area contributed by atoms with Crippen molar-refractivity contribution in [2.75, 3.05) is 41.3 Å². The first-order valence-electron chi connectivity index (χ1n) is 14.5. The second kappa shape index (κ2) is 23.4. The molecule has 0 bridgehead atoms. The van der Waals surface area contributed by atoms with Gasteiger partial charge in [-0.3, -0.25) is 14.4 Å². The van der Waals surface area contributed by atoms with Crippen molar-refractivity contribution in [2.45, 2.75) is 142 Å². The van der Waals surface area contributed by atoms with Gasteiger partial charge in [-0.25, -0.2) is 0 Å². The van der Waals surface area contributed by atoms with Crippen molar-refractivity contribution in [3.8, 4) is 0 Å². The zero-order valence-corrected chi connectivity index (χ0v) is 23.4. The van der Waals surface area contributed by atoms with Gasteiger partial charge in [0.05, 0.1) is 41.3 Å². The number of unbranched alkanes of at least 4 members (excludes halogenated alkanes) is 18. The Morgan fingerprint density at radius 3 is 0.938 bits per heavy atom. The molecule has 0 radical (unpaired) electrons. The minimum Gasteiger partial charge on any atom is -0.270 e. The SMILES string of the molecule is CCCCCCCCCCCCN(C)C(N(C)CCCCCCCCCCCC)=[N+](C)C. The van der Waals surface area contributed by atoms with E-state index in [1.807, 2.05) is 0 Å². The highest BCUT2D eigenvalue weighted by molar-refractivity contribution is 5.74. The van der Waals surface area contributed by atoms with Crippen molar-refractivity contribution in [1.82, 2.24) is 9.80 Å². The first-order chi connectivity index (χ1) is 15.5. The Morgan fingerprint density at radius 2 is 0.688 bits per heavy atom. The monoisotopic (exact) mass is 452 g/mol. The summed E-state index contributed by atoms with van der Waals surface area (Å²) >= 11 is 0. The first-order valence-corrected chi connectivity index (χ1v) is 14.5. The summed E-state index contributed by atoms with van der Waals surface area (Å²) in [6.07, 6.45) is 28.2. The van der Waals surface area contributed by atoms with Crippen LogP contribution in [-0.4, -0.2) is 61.6 Å². The Hall–Kier alpha value is -0.730. The van der Waals surface area contributed by atoms with Gasteiger partial charge in [0, 0.05) is 0 Å². The van der Waals surface area contributed by atoms with E-state index in [-0.39, 0.29) is 0 Å². The average Bonchev–Trinajstić information content (AvgIpc) is 2.76. The normalized spacial score (nSPS) is 11.1. The van der Waals surface area contributed by atoms with Crippen LogP contribution in [0.4, 0.5) is 0 Å². The highest BCUT2D eigenvalue weighted by Gasteiger charge is 2.20. The Morgan fingerprint density at radius 1 is 0.438 bits per heavy atom. The molecule has 0 aromatic rings. The molecule has 0 atom stereocenters. The highest BCUT2D eigenvalue weighted by Crippen LogP contribution is 2.12. The molecule has 0 N–H and O–H groups in total. The molecule has 0 saturated heterocycles. The molecule has 3 nitrogen and oxygen atoms in total. The first kappa shape index (κ1) is 31.3. The fraction of sp³-hybridized carbons (Fsp3) is 0.966. The summed E-state index contributed by atoms with van der Waals surface area (Å²) in [5, 5.41) is 0. The van der Waals surface area contributed by atoms with E-state index >= 15 is 0 Å². The molecule has 0 aromatic heterocycles. The lowest BCUT2D eigenvalue weighted by Gasteiger charge is -2.24. The molecule has 0 heterocycles. The highest BCUT2D eigenvalue weighted by atomic mass is 15.4. The van der Waals surface area contributed by atoms with Crippen LogP contribution in [0, 0.1) is 0 Å². The van der Waals surface area contributed by atoms with Gasteiger partial charge < -0.3 is 0 Å². The smallest absolute Gasteiger partial charge is 0.270 e. The van der Waals surface area contributed by atoms with E-state index in [9.17, 15) is 0 Å². The van der Waals surface area contributed by atoms with Crippen LogP contribution >= 0.6 is 0 Å². The van der Waals surface area contributed by atoms with Crippen molar-refractivity contribution in [1.29, 1.82) is 0 Å². The largest absolute Gasteiger partial charge is 0.349 e. The molecular formula is C29H62N3+. The van der Waals surface area contributed by atoms with Gasteiger partial charge >= 0.3 is 5.96 Å². The van der Waals surface area contributed by atoms with Crippen LogP contribution in [0.1, 0.15) is 142 Å². The van der Waals surface area contributed by atoms with E-state index in [2.05, 4.69) is 56.4 Å². The molecule has 0 rings (SSSR count). The molecule has 0 aliphatic heterocycles. The maximum Gasteiger partial charge on any atom is 0.349 e. The predicted molar refractivity (Wildman–Crippen MR) is 146 cm³/mol. The lowest BCUT2D eigenvalue weighted by molar-refractivity contribution is -0.476. The summed E-state index contributed by atoms with van der Waals surface area (Å²) in [4.78, 5) is 4.95. The van der Waals surface area contributed by atoms with E-state index in [1.54, 1.807) is 0 Å². The Kier molecular flexibility index (Phi) is 22.9. The van der Waals surface area contributed by atoms with Crippen molar-refractivity contribution in [3.63, 3.8) is 0 Å². The topological polar surface area (TPSA) is 9.49 Å². The molecule has 32 heavy (non-hydrogen) atoms. The minimum absolute atomic E-state index is 1.17. The molecule has 0 unspecified atom stereocenters. The average molecular weight is 453 g/mol. The van der Waals surface area contributed by atoms with Crippen molar-refractivity contribution in [3.05, 3.63) is 0 Å². The predicted octanol–water partition coefficient (Wildman–Crippen LogP) is 8.32. The van der Waals surface area contributed by atoms with Gasteiger partial charge in [0.1, 0.15) is 0 Å². The van der Waals surface area contributed by atoms with Gasteiger partial charge in [-0.2, -0.15) is 0 Å². The van der Waals surface area contributed by atoms with Crippen molar-refractivity contribution >= 4 is 5.96 Å². The molecule has 3 heteroatoms. The summed E-state index contributed by atoms with van der Waals surface area (Å²) in [6.45, 7) is 6.94. The molecule has 0 amide bonds. The van der Waals surface area contributed by atoms with Gasteiger partial charge in [0.25, 0.3) is 0 Å². The van der Waals surface area contributed by atoms with E-state index in [4.69, 9.17) is 0 Å². The van der Waals surface area contributed by atoms with Crippen LogP contribution < -0.4 is 0 Å². The Bertz CT molecular complexity index is 383. The molecule has 0 aliphatic rings. The molecule has 0 saturated carbocycles. The van der Waals surface area contributed by atoms with Gasteiger partial charge in [0.15, 0.2) is 0 Å². The van der Waals surface area contributed by atoms with E-state index in [0.717, 1.165) is 0 Å². The Balaban J connectivity index is 3.83. The molecular weight excluding hydrogens is 390 g/mol. The van der Waals surface area contributed by atoms with Crippen LogP contribution in [0.15, 0.2) is 0 Å². The third-order valence-corrected chi connectivity index (χ3v) is 6.78. The van der Waals surface area contributed by atoms with Crippen molar-refractivity contribution < 1.29 is 4.58 Å². The maximum atomic E-state index is 2.47. The van der Waals surface area contributed by atoms with Gasteiger partial charge in [-0.15, -0.1) is 0 Å². The Labute approximate surface area is 204 Å². The summed E-state index contributed by atoms with van der Waals surface area (Å²) in [5.41, 5.74) is 0. The molecule has 0 aliphatic carbocycles. The number of hydrogen-bond donors (Lipinski definition) is 0. The van der Waals surface area contributed by atoms with Gasteiger partial charge in [-0.05, 0) is 12.8 Å². The van der Waals surface area contributed by atoms with Crippen LogP contribution in [-0.2, 0) is 0 Å². The lowest BCUT2D eigenvalue weighted by Crippen LogP contribution is -2.45. The number of guanidine groups is 1. The maximum absolute atomic E-state index is 2.47. The van der Waals surface area contributed by atoms with E-state index in [0.29, 0.717) is 0 Å². The second-order valence-corrected chi connectivity index (χ2v) is 10.4. The zero-order valence-electron chi connectivity index (χ0n) is 23.4. The summed E-state index contributed by atoms with van der Waals surface area (Å²) in [5.74, 6) is 1.37. The third-order valence-electron chi connectivity index (χ3n) is 6.78. The fourth-order valence-electron chi connectivity index (χ4n) is 4.85. The number of rotatable bonds is 22. The van der Waals surface area contributed by atoms with E-state index < -0.39 is 0 Å². The minimum atomic E-state index is 1.17. The second-order valence-electron chi connectivity index (χ2n) is 10.4. The van der Waals surface area contributed by atoms with E-state index in [1.165, 1.54) is 147 Å². The lowest BCUT2D eigenvalue weighted by atomic mass is 10.1. The number of nitrogens with zero attached hydrogens (tertiary/aromatic N) is 3. The zero-order chi connectivity index (χ0) is 23.9. The molecule has 0 fully saturated rings. The molecule has 0 spiro atoms. The fourth-order valence-corrected chi connectivity index (χ4v) is 4.85. The van der Waals surface area contributed by atoms with Crippen molar-refractivity contribution in [2.24, 2.45) is 0 Å². The molecule has 0 aromatic carbocycles. The van der Waals surface area contributed by atoms with Crippen LogP contribution in [0.3, 0.4) is 0 Å². The van der Waals surface area contributed by atoms with Crippen LogP contribution in [0.2, 0.25) is 0 Å². The quantitative estimate of drug-likeness (QED) is 0.0706. The standard InChI is InChI=1S/C29H62N3/c1-7-9-11-13-15-17-19-21-23-25-27-31(5)29(30(3)4)32(6)28-26-24-22-20-18-16-14-12-10-8-2/h7-28H2,1-6H3/q+1.